The number of allylic oxidation sites excluding steroid dienone is 1. The first kappa shape index (κ1) is 14.7. The molecule has 1 heterocycles. The number of nitrogen functional groups attached to an aromatic ring is 1. The number of carbonyl (C=O) groups is 1. The van der Waals surface area contributed by atoms with E-state index in [-0.39, 0.29) is 5.97 Å². The lowest BCUT2D eigenvalue weighted by molar-refractivity contribution is -0.136. The third-order valence-electron chi connectivity index (χ3n) is 2.39. The van der Waals surface area contributed by atoms with E-state index in [2.05, 4.69) is 18.8 Å². The molecule has 1 rings (SSSR count). The van der Waals surface area contributed by atoms with Crippen LogP contribution in [0.3, 0.4) is 0 Å². The molecule has 0 aliphatic rings. The predicted octanol–water partition coefficient (Wildman–Crippen LogP) is 3.25. The highest BCUT2D eigenvalue weighted by atomic mass is 32.1. The minimum Gasteiger partial charge on any atom is -0.462 e. The molecule has 0 unspecified atom stereocenters. The van der Waals surface area contributed by atoms with Crippen molar-refractivity contribution >= 4 is 28.0 Å². The molecule has 5 heteroatoms. The van der Waals surface area contributed by atoms with Crippen LogP contribution in [0.15, 0.2) is 11.5 Å². The van der Waals surface area contributed by atoms with E-state index in [1.54, 1.807) is 5.38 Å². The lowest BCUT2D eigenvalue weighted by atomic mass is 10.1. The Morgan fingerprint density at radius 3 is 2.83 bits per heavy atom. The average Bonchev–Trinajstić information content (AvgIpc) is 2.77. The fourth-order valence-corrected chi connectivity index (χ4v) is 1.94. The summed E-state index contributed by atoms with van der Waals surface area (Å²) in [5.41, 5.74) is 6.74. The fraction of sp³-hybridized carbons (Fsp3) is 0.538. The number of hydrogen-bond acceptors (Lipinski definition) is 5. The van der Waals surface area contributed by atoms with Gasteiger partial charge in [0, 0.05) is 5.38 Å². The zero-order valence-corrected chi connectivity index (χ0v) is 11.8. The maximum Gasteiger partial charge on any atom is 0.340 e. The zero-order chi connectivity index (χ0) is 13.4. The minimum atomic E-state index is -0.304. The molecule has 0 spiro atoms. The minimum absolute atomic E-state index is 0.304. The number of anilines is 1. The molecule has 0 aliphatic heterocycles. The van der Waals surface area contributed by atoms with Gasteiger partial charge in [0.1, 0.15) is 0 Å². The Balaban J connectivity index is 2.75. The number of aromatic nitrogens is 1. The third-order valence-corrected chi connectivity index (χ3v) is 3.06. The number of hydrogen-bond donors (Lipinski definition) is 1. The van der Waals surface area contributed by atoms with Gasteiger partial charge in [0.05, 0.1) is 17.9 Å². The molecule has 1 aromatic heterocycles. The summed E-state index contributed by atoms with van der Waals surface area (Å²) in [5, 5.41) is 2.26. The maximum absolute atomic E-state index is 12.0. The molecule has 1 aromatic rings. The number of nitrogens with zero attached hydrogens (tertiary/aromatic N) is 1. The van der Waals surface area contributed by atoms with Gasteiger partial charge in [-0.25, -0.2) is 9.78 Å². The van der Waals surface area contributed by atoms with Crippen LogP contribution in [0, 0.1) is 0 Å². The SMILES string of the molecule is CCC/C=C(/C(=O)OCCCC)c1csc(N)n1. The van der Waals surface area contributed by atoms with Crippen molar-refractivity contribution in [2.45, 2.75) is 39.5 Å². The van der Waals surface area contributed by atoms with E-state index >= 15 is 0 Å². The summed E-state index contributed by atoms with van der Waals surface area (Å²) >= 11 is 1.33. The molecule has 4 nitrogen and oxygen atoms in total. The highest BCUT2D eigenvalue weighted by Crippen LogP contribution is 2.21. The van der Waals surface area contributed by atoms with Gasteiger partial charge in [0.2, 0.25) is 0 Å². The summed E-state index contributed by atoms with van der Waals surface area (Å²) < 4.78 is 5.22. The van der Waals surface area contributed by atoms with Gasteiger partial charge in [-0.2, -0.15) is 0 Å². The van der Waals surface area contributed by atoms with Crippen LogP contribution in [-0.2, 0) is 9.53 Å². The summed E-state index contributed by atoms with van der Waals surface area (Å²) in [6, 6.07) is 0. The van der Waals surface area contributed by atoms with Crippen LogP contribution < -0.4 is 5.73 Å². The van der Waals surface area contributed by atoms with Crippen LogP contribution in [0.2, 0.25) is 0 Å². The summed E-state index contributed by atoms with van der Waals surface area (Å²) in [5.74, 6) is -0.304. The highest BCUT2D eigenvalue weighted by molar-refractivity contribution is 7.13. The second-order valence-corrected chi connectivity index (χ2v) is 4.86. The molecular weight excluding hydrogens is 248 g/mol. The molecule has 18 heavy (non-hydrogen) atoms. The van der Waals surface area contributed by atoms with E-state index in [4.69, 9.17) is 10.5 Å². The van der Waals surface area contributed by atoms with Crippen molar-refractivity contribution in [3.05, 3.63) is 17.2 Å². The zero-order valence-electron chi connectivity index (χ0n) is 10.9. The van der Waals surface area contributed by atoms with Gasteiger partial charge in [-0.3, -0.25) is 0 Å². The van der Waals surface area contributed by atoms with Crippen molar-refractivity contribution in [3.63, 3.8) is 0 Å². The molecule has 0 atom stereocenters. The van der Waals surface area contributed by atoms with Crippen molar-refractivity contribution in [2.75, 3.05) is 12.3 Å². The lowest BCUT2D eigenvalue weighted by Crippen LogP contribution is -2.09. The summed E-state index contributed by atoms with van der Waals surface area (Å²) in [6.45, 7) is 4.58. The molecular formula is C13H20N2O2S. The van der Waals surface area contributed by atoms with E-state index in [1.165, 1.54) is 11.3 Å². The largest absolute Gasteiger partial charge is 0.462 e. The third kappa shape index (κ3) is 4.49. The smallest absolute Gasteiger partial charge is 0.340 e. The van der Waals surface area contributed by atoms with Crippen molar-refractivity contribution in [3.8, 4) is 0 Å². The molecule has 0 aliphatic carbocycles. The Bertz CT molecular complexity index is 413. The Kier molecular flexibility index (Phi) is 6.43. The highest BCUT2D eigenvalue weighted by Gasteiger charge is 2.15. The molecule has 0 radical (unpaired) electrons. The Labute approximate surface area is 112 Å². The molecule has 2 N–H and O–H groups in total. The Hall–Kier alpha value is -1.36. The van der Waals surface area contributed by atoms with E-state index in [0.717, 1.165) is 25.7 Å². The second kappa shape index (κ2) is 7.87. The van der Waals surface area contributed by atoms with Gasteiger partial charge < -0.3 is 10.5 Å². The second-order valence-electron chi connectivity index (χ2n) is 3.97. The molecule has 0 saturated heterocycles. The molecule has 0 saturated carbocycles. The van der Waals surface area contributed by atoms with Crippen molar-refractivity contribution < 1.29 is 9.53 Å². The quantitative estimate of drug-likeness (QED) is 0.468. The maximum atomic E-state index is 12.0. The van der Waals surface area contributed by atoms with Crippen LogP contribution in [0.1, 0.15) is 45.2 Å². The van der Waals surface area contributed by atoms with Crippen molar-refractivity contribution in [1.82, 2.24) is 4.98 Å². The Morgan fingerprint density at radius 1 is 1.50 bits per heavy atom. The molecule has 0 fully saturated rings. The Morgan fingerprint density at radius 2 is 2.28 bits per heavy atom. The molecule has 0 amide bonds. The van der Waals surface area contributed by atoms with Crippen LogP contribution in [0.5, 0.6) is 0 Å². The molecule has 0 aromatic carbocycles. The standard InChI is InChI=1S/C13H20N2O2S/c1-3-5-7-10(11-9-18-13(14)15-11)12(16)17-8-6-4-2/h7,9H,3-6,8H2,1-2H3,(H2,14,15)/b10-7+. The topological polar surface area (TPSA) is 65.2 Å². The van der Waals surface area contributed by atoms with Gasteiger partial charge in [-0.1, -0.05) is 32.8 Å². The number of nitrogens with two attached hydrogens (primary N) is 1. The van der Waals surface area contributed by atoms with Gasteiger partial charge in [-0.05, 0) is 12.8 Å². The first-order valence-corrected chi connectivity index (χ1v) is 7.15. The predicted molar refractivity (Wildman–Crippen MR) is 75.3 cm³/mol. The molecule has 0 bridgehead atoms. The van der Waals surface area contributed by atoms with Gasteiger partial charge in [0.15, 0.2) is 5.13 Å². The first-order valence-electron chi connectivity index (χ1n) is 6.27. The molecule has 100 valence electrons. The summed E-state index contributed by atoms with van der Waals surface area (Å²) in [7, 11) is 0. The van der Waals surface area contributed by atoms with E-state index in [9.17, 15) is 4.79 Å². The van der Waals surface area contributed by atoms with Crippen LogP contribution in [-0.4, -0.2) is 17.6 Å². The van der Waals surface area contributed by atoms with Gasteiger partial charge >= 0.3 is 5.97 Å². The van der Waals surface area contributed by atoms with Gasteiger partial charge in [-0.15, -0.1) is 11.3 Å². The van der Waals surface area contributed by atoms with Gasteiger partial charge in [0.25, 0.3) is 0 Å². The number of rotatable bonds is 7. The van der Waals surface area contributed by atoms with Crippen molar-refractivity contribution in [2.24, 2.45) is 0 Å². The number of carbonyl (C=O) groups excluding carboxylic acids is 1. The van der Waals surface area contributed by atoms with Crippen molar-refractivity contribution in [1.29, 1.82) is 0 Å². The number of thiazole rings is 1. The lowest BCUT2D eigenvalue weighted by Gasteiger charge is -2.06. The number of esters is 1. The number of ether oxygens (including phenoxy) is 1. The fourth-order valence-electron chi connectivity index (χ4n) is 1.38. The normalized spacial score (nSPS) is 11.6. The summed E-state index contributed by atoms with van der Waals surface area (Å²) in [4.78, 5) is 16.1. The monoisotopic (exact) mass is 268 g/mol. The van der Waals surface area contributed by atoms with Crippen LogP contribution in [0.25, 0.3) is 5.57 Å². The van der Waals surface area contributed by atoms with Crippen LogP contribution >= 0.6 is 11.3 Å². The van der Waals surface area contributed by atoms with E-state index < -0.39 is 0 Å². The average molecular weight is 268 g/mol. The van der Waals surface area contributed by atoms with E-state index in [1.807, 2.05) is 6.08 Å². The van der Waals surface area contributed by atoms with E-state index in [0.29, 0.717) is 23.0 Å². The van der Waals surface area contributed by atoms with Crippen LogP contribution in [0.4, 0.5) is 5.13 Å². The first-order chi connectivity index (χ1) is 8.69. The number of unbranched alkanes of at least 4 members (excludes halogenated alkanes) is 2. The summed E-state index contributed by atoms with van der Waals surface area (Å²) in [6.07, 6.45) is 5.57.